The van der Waals surface area contributed by atoms with Crippen molar-refractivity contribution in [2.75, 3.05) is 26.3 Å². The van der Waals surface area contributed by atoms with Crippen LogP contribution in [0, 0.1) is 18.8 Å². The Bertz CT molecular complexity index is 741. The summed E-state index contributed by atoms with van der Waals surface area (Å²) in [4.78, 5) is 19.2. The van der Waals surface area contributed by atoms with Gasteiger partial charge in [0, 0.05) is 49.6 Å². The molecular weight excluding hydrogens is 328 g/mol. The molecule has 26 heavy (non-hydrogen) atoms. The van der Waals surface area contributed by atoms with Gasteiger partial charge in [0.15, 0.2) is 0 Å². The third kappa shape index (κ3) is 4.12. The van der Waals surface area contributed by atoms with Crippen molar-refractivity contribution in [1.29, 1.82) is 0 Å². The first-order valence-electron chi connectivity index (χ1n) is 9.45. The smallest absolute Gasteiger partial charge is 0.244 e. The van der Waals surface area contributed by atoms with Gasteiger partial charge in [-0.2, -0.15) is 5.10 Å². The van der Waals surface area contributed by atoms with E-state index in [1.54, 1.807) is 4.68 Å². The van der Waals surface area contributed by atoms with Crippen LogP contribution in [0.5, 0.6) is 0 Å². The molecule has 2 aliphatic rings. The summed E-state index contributed by atoms with van der Waals surface area (Å²) in [7, 11) is 0. The highest BCUT2D eigenvalue weighted by atomic mass is 16.5. The number of carbonyl (C=O) groups is 1. The maximum absolute atomic E-state index is 12.7. The number of aryl methyl sites for hydroxylation is 1. The minimum atomic E-state index is 0.110. The van der Waals surface area contributed by atoms with Crippen molar-refractivity contribution >= 4 is 5.91 Å². The van der Waals surface area contributed by atoms with Gasteiger partial charge in [-0.25, -0.2) is 0 Å². The summed E-state index contributed by atoms with van der Waals surface area (Å²) in [6.45, 7) is 5.20. The number of aromatic nitrogens is 3. The molecule has 138 valence electrons. The monoisotopic (exact) mass is 354 g/mol. The predicted molar refractivity (Wildman–Crippen MR) is 97.6 cm³/mol. The van der Waals surface area contributed by atoms with E-state index in [9.17, 15) is 4.79 Å². The fourth-order valence-electron chi connectivity index (χ4n) is 3.63. The second-order valence-electron chi connectivity index (χ2n) is 7.56. The van der Waals surface area contributed by atoms with Crippen LogP contribution in [0.3, 0.4) is 0 Å². The number of pyridine rings is 1. The van der Waals surface area contributed by atoms with E-state index in [-0.39, 0.29) is 11.8 Å². The molecule has 2 atom stereocenters. The number of hydrogen-bond donors (Lipinski definition) is 0. The van der Waals surface area contributed by atoms with Gasteiger partial charge < -0.3 is 9.64 Å². The van der Waals surface area contributed by atoms with Gasteiger partial charge in [0.1, 0.15) is 6.54 Å². The van der Waals surface area contributed by atoms with Gasteiger partial charge in [-0.3, -0.25) is 14.5 Å². The van der Waals surface area contributed by atoms with Crippen LogP contribution < -0.4 is 0 Å². The fourth-order valence-corrected chi connectivity index (χ4v) is 3.63. The van der Waals surface area contributed by atoms with Gasteiger partial charge in [-0.15, -0.1) is 0 Å². The van der Waals surface area contributed by atoms with E-state index in [0.717, 1.165) is 30.5 Å². The molecule has 0 aromatic carbocycles. The van der Waals surface area contributed by atoms with Gasteiger partial charge in [0.25, 0.3) is 0 Å². The van der Waals surface area contributed by atoms with Crippen LogP contribution in [-0.2, 0) is 16.1 Å². The molecule has 6 heteroatoms. The lowest BCUT2D eigenvalue weighted by Crippen LogP contribution is -2.32. The maximum Gasteiger partial charge on any atom is 0.244 e. The van der Waals surface area contributed by atoms with Crippen LogP contribution in [-0.4, -0.2) is 51.9 Å². The van der Waals surface area contributed by atoms with Gasteiger partial charge in [-0.05, 0) is 43.9 Å². The molecule has 2 aromatic rings. The molecule has 1 saturated carbocycles. The van der Waals surface area contributed by atoms with Crippen LogP contribution in [0.1, 0.15) is 30.1 Å². The third-order valence-electron chi connectivity index (χ3n) is 5.32. The van der Waals surface area contributed by atoms with E-state index in [2.05, 4.69) is 16.1 Å². The molecular formula is C20H26N4O2. The number of ether oxygens (including phenoxy) is 1. The average molecular weight is 354 g/mol. The Morgan fingerprint density at radius 2 is 2.12 bits per heavy atom. The molecule has 0 radical (unpaired) electrons. The van der Waals surface area contributed by atoms with Crippen molar-refractivity contribution in [3.8, 4) is 0 Å². The minimum absolute atomic E-state index is 0.110. The van der Waals surface area contributed by atoms with Crippen LogP contribution in [0.4, 0.5) is 0 Å². The SMILES string of the molecule is Cc1ccn(CC(=O)N2C[C@@H](COCC3CC3)[C@H](c3ccccn3)C2)n1. The lowest BCUT2D eigenvalue weighted by atomic mass is 9.93. The van der Waals surface area contributed by atoms with E-state index >= 15 is 0 Å². The van der Waals surface area contributed by atoms with Gasteiger partial charge in [0.2, 0.25) is 5.91 Å². The van der Waals surface area contributed by atoms with Crippen molar-refractivity contribution in [3.05, 3.63) is 48.0 Å². The summed E-state index contributed by atoms with van der Waals surface area (Å²) in [5.74, 6) is 1.40. The van der Waals surface area contributed by atoms with Gasteiger partial charge >= 0.3 is 0 Å². The van der Waals surface area contributed by atoms with Crippen molar-refractivity contribution in [1.82, 2.24) is 19.7 Å². The van der Waals surface area contributed by atoms with Crippen molar-refractivity contribution in [2.24, 2.45) is 11.8 Å². The van der Waals surface area contributed by atoms with Crippen LogP contribution >= 0.6 is 0 Å². The molecule has 3 heterocycles. The van der Waals surface area contributed by atoms with Crippen molar-refractivity contribution in [3.63, 3.8) is 0 Å². The van der Waals surface area contributed by atoms with Crippen LogP contribution in [0.25, 0.3) is 0 Å². The number of rotatable bonds is 7. The summed E-state index contributed by atoms with van der Waals surface area (Å²) in [5.41, 5.74) is 1.98. The average Bonchev–Trinajstić information content (AvgIpc) is 3.22. The summed E-state index contributed by atoms with van der Waals surface area (Å²) >= 11 is 0. The van der Waals surface area contributed by atoms with E-state index in [0.29, 0.717) is 25.6 Å². The first kappa shape index (κ1) is 17.2. The maximum atomic E-state index is 12.7. The van der Waals surface area contributed by atoms with E-state index in [4.69, 9.17) is 4.74 Å². The quantitative estimate of drug-likeness (QED) is 0.765. The number of likely N-dealkylation sites (tertiary alicyclic amines) is 1. The Hall–Kier alpha value is -2.21. The minimum Gasteiger partial charge on any atom is -0.381 e. The molecule has 0 N–H and O–H groups in total. The zero-order valence-electron chi connectivity index (χ0n) is 15.3. The predicted octanol–water partition coefficient (Wildman–Crippen LogP) is 2.26. The van der Waals surface area contributed by atoms with E-state index in [1.165, 1.54) is 12.8 Å². The zero-order valence-corrected chi connectivity index (χ0v) is 15.3. The van der Waals surface area contributed by atoms with E-state index < -0.39 is 0 Å². The second kappa shape index (κ2) is 7.58. The van der Waals surface area contributed by atoms with Gasteiger partial charge in [-0.1, -0.05) is 6.07 Å². The largest absolute Gasteiger partial charge is 0.381 e. The number of amides is 1. The van der Waals surface area contributed by atoms with Crippen molar-refractivity contribution in [2.45, 2.75) is 32.2 Å². The van der Waals surface area contributed by atoms with Crippen molar-refractivity contribution < 1.29 is 9.53 Å². The Morgan fingerprint density at radius 3 is 2.81 bits per heavy atom. The molecule has 2 fully saturated rings. The van der Waals surface area contributed by atoms with Crippen LogP contribution in [0.15, 0.2) is 36.7 Å². The Balaban J connectivity index is 1.42. The summed E-state index contributed by atoms with van der Waals surface area (Å²) in [6, 6.07) is 7.92. The molecule has 0 spiro atoms. The van der Waals surface area contributed by atoms with Gasteiger partial charge in [0.05, 0.1) is 12.3 Å². The first-order valence-corrected chi connectivity index (χ1v) is 9.45. The zero-order chi connectivity index (χ0) is 17.9. The lowest BCUT2D eigenvalue weighted by Gasteiger charge is -2.17. The summed E-state index contributed by atoms with van der Waals surface area (Å²) in [5, 5.41) is 4.33. The number of carbonyl (C=O) groups excluding carboxylic acids is 1. The summed E-state index contributed by atoms with van der Waals surface area (Å²) in [6.07, 6.45) is 6.27. The highest BCUT2D eigenvalue weighted by molar-refractivity contribution is 5.76. The molecule has 0 unspecified atom stereocenters. The normalized spacial score (nSPS) is 22.7. The molecule has 1 amide bonds. The third-order valence-corrected chi connectivity index (χ3v) is 5.32. The first-order chi connectivity index (χ1) is 12.7. The molecule has 4 rings (SSSR count). The molecule has 1 saturated heterocycles. The molecule has 2 aromatic heterocycles. The Morgan fingerprint density at radius 1 is 1.23 bits per heavy atom. The highest BCUT2D eigenvalue weighted by Crippen LogP contribution is 2.33. The standard InChI is InChI=1S/C20H26N4O2/c1-15-7-9-24(22-15)12-20(25)23-10-17(14-26-13-16-5-6-16)18(11-23)19-4-2-3-8-21-19/h2-4,7-9,16-18H,5-6,10-14H2,1H3/t17-,18+/m0/s1. The fraction of sp³-hybridized carbons (Fsp3) is 0.550. The summed E-state index contributed by atoms with van der Waals surface area (Å²) < 4.78 is 7.67. The molecule has 0 bridgehead atoms. The highest BCUT2D eigenvalue weighted by Gasteiger charge is 2.37. The topological polar surface area (TPSA) is 60.2 Å². The van der Waals surface area contributed by atoms with E-state index in [1.807, 2.05) is 42.4 Å². The molecule has 6 nitrogen and oxygen atoms in total. The Kier molecular flexibility index (Phi) is 5.02. The lowest BCUT2D eigenvalue weighted by molar-refractivity contribution is -0.131. The Labute approximate surface area is 154 Å². The number of nitrogens with zero attached hydrogens (tertiary/aromatic N) is 4. The molecule has 1 aliphatic heterocycles. The van der Waals surface area contributed by atoms with Crippen LogP contribution in [0.2, 0.25) is 0 Å². The number of hydrogen-bond acceptors (Lipinski definition) is 4. The molecule has 1 aliphatic carbocycles. The second-order valence-corrected chi connectivity index (χ2v) is 7.56.